The van der Waals surface area contributed by atoms with Gasteiger partial charge in [-0.2, -0.15) is 0 Å². The van der Waals surface area contributed by atoms with E-state index in [0.717, 1.165) is 0 Å². The van der Waals surface area contributed by atoms with Gasteiger partial charge in [0.1, 0.15) is 0 Å². The number of aromatic nitrogens is 1. The molecular weight excluding hydrogens is 254 g/mol. The second-order valence-electron chi connectivity index (χ2n) is 1.25. The van der Waals surface area contributed by atoms with Crippen LogP contribution in [0.5, 0.6) is 0 Å². The molecule has 0 aromatic carbocycles. The minimum Gasteiger partial charge on any atom is -0.598 e. The van der Waals surface area contributed by atoms with E-state index < -0.39 is 8.25 Å². The van der Waals surface area contributed by atoms with Gasteiger partial charge in [0.25, 0.3) is 8.25 Å². The minimum absolute atomic E-state index is 0. The second kappa shape index (κ2) is 9.79. The predicted molar refractivity (Wildman–Crippen MR) is 31.8 cm³/mol. The Kier molecular flexibility index (Phi) is 11.9. The molecule has 6 heteroatoms. The van der Waals surface area contributed by atoms with Gasteiger partial charge in [0, 0.05) is 12.4 Å². The summed E-state index contributed by atoms with van der Waals surface area (Å²) in [5.41, 5.74) is 0. The molecule has 0 saturated heterocycles. The van der Waals surface area contributed by atoms with Gasteiger partial charge in [0.05, 0.1) is 0 Å². The molecule has 1 aromatic heterocycles. The first kappa shape index (κ1) is 13.4. The summed E-state index contributed by atoms with van der Waals surface area (Å²) in [5.74, 6) is 0. The van der Waals surface area contributed by atoms with Crippen molar-refractivity contribution >= 4 is 8.25 Å². The van der Waals surface area contributed by atoms with Gasteiger partial charge < -0.3 is 9.79 Å². The van der Waals surface area contributed by atoms with E-state index in [0.29, 0.717) is 0 Å². The van der Waals surface area contributed by atoms with Crippen LogP contribution in [0, 0.1) is 0 Å². The molecule has 0 bridgehead atoms. The van der Waals surface area contributed by atoms with E-state index in [2.05, 4.69) is 4.98 Å². The van der Waals surface area contributed by atoms with Gasteiger partial charge in [-0.15, -0.1) is 0 Å². The van der Waals surface area contributed by atoms with Crippen molar-refractivity contribution in [2.75, 3.05) is 0 Å². The van der Waals surface area contributed by atoms with E-state index in [1.807, 2.05) is 18.2 Å². The van der Waals surface area contributed by atoms with E-state index >= 15 is 0 Å². The van der Waals surface area contributed by atoms with Crippen molar-refractivity contribution in [3.05, 3.63) is 30.6 Å². The molecule has 0 spiro atoms. The van der Waals surface area contributed by atoms with Crippen molar-refractivity contribution in [2.24, 2.45) is 0 Å². The van der Waals surface area contributed by atoms with E-state index in [1.54, 1.807) is 12.4 Å². The van der Waals surface area contributed by atoms with Crippen LogP contribution in [0.1, 0.15) is 0 Å². The third kappa shape index (κ3) is 17.7. The van der Waals surface area contributed by atoms with Gasteiger partial charge in [0.2, 0.25) is 0 Å². The smallest absolute Gasteiger partial charge is 0.598 e. The molecule has 0 unspecified atom stereocenters. The van der Waals surface area contributed by atoms with E-state index in [9.17, 15) is 0 Å². The maximum Gasteiger partial charge on any atom is 2.00 e. The van der Waals surface area contributed by atoms with Crippen LogP contribution in [-0.2, 0) is 24.0 Å². The maximum absolute atomic E-state index is 8.48. The zero-order valence-corrected chi connectivity index (χ0v) is 7.99. The summed E-state index contributed by atoms with van der Waals surface area (Å²) < 4.78 is 8.48. The van der Waals surface area contributed by atoms with E-state index in [1.165, 1.54) is 0 Å². The molecule has 0 amide bonds. The maximum atomic E-state index is 8.48. The number of pyridine rings is 1. The van der Waals surface area contributed by atoms with Gasteiger partial charge in [-0.25, -0.2) is 0 Å². The van der Waals surface area contributed by atoms with Crippen molar-refractivity contribution < 1.29 is 33.8 Å². The summed E-state index contributed by atoms with van der Waals surface area (Å²) >= 11 is 0. The topological polar surface area (TPSA) is 76.1 Å². The molecule has 0 aliphatic rings. The normalized spacial score (nSPS) is 6.73. The molecule has 11 heavy (non-hydrogen) atoms. The summed E-state index contributed by atoms with van der Waals surface area (Å²) in [7, 11) is -3.37. The summed E-state index contributed by atoms with van der Waals surface area (Å²) in [6.45, 7) is 0. The van der Waals surface area contributed by atoms with Crippen LogP contribution in [0.3, 0.4) is 0 Å². The zero-order valence-electron chi connectivity index (χ0n) is 5.36. The number of rotatable bonds is 0. The van der Waals surface area contributed by atoms with Crippen LogP contribution in [0.4, 0.5) is 0 Å². The Labute approximate surface area is 78.0 Å². The van der Waals surface area contributed by atoms with Gasteiger partial charge in [-0.1, -0.05) is 10.6 Å². The molecular formula is C5H5NO3PRu+. The Balaban J connectivity index is 0. The summed E-state index contributed by atoms with van der Waals surface area (Å²) in [5, 5.41) is 0. The van der Waals surface area contributed by atoms with Crippen LogP contribution < -0.4 is 9.79 Å². The molecule has 60 valence electrons. The van der Waals surface area contributed by atoms with Crippen LogP contribution in [0.2, 0.25) is 0 Å². The molecule has 1 rings (SSSR count). The van der Waals surface area contributed by atoms with Crippen LogP contribution in [-0.4, -0.2) is 4.98 Å². The molecule has 1 heterocycles. The van der Waals surface area contributed by atoms with Crippen LogP contribution >= 0.6 is 8.25 Å². The van der Waals surface area contributed by atoms with Crippen molar-refractivity contribution in [1.29, 1.82) is 0 Å². The van der Waals surface area contributed by atoms with Gasteiger partial charge in [0.15, 0.2) is 0 Å². The summed E-state index contributed by atoms with van der Waals surface area (Å²) in [4.78, 5) is 20.7. The fraction of sp³-hybridized carbons (Fsp3) is 0. The molecule has 0 N–H and O–H groups in total. The fourth-order valence-electron chi connectivity index (χ4n) is 0.313. The molecule has 1 aromatic rings. The Morgan fingerprint density at radius 2 is 1.45 bits per heavy atom. The zero-order chi connectivity index (χ0) is 7.82. The van der Waals surface area contributed by atoms with Crippen molar-refractivity contribution in [2.45, 2.75) is 0 Å². The summed E-state index contributed by atoms with van der Waals surface area (Å²) in [6.07, 6.45) is 3.50. The van der Waals surface area contributed by atoms with E-state index in [4.69, 9.17) is 14.4 Å². The summed E-state index contributed by atoms with van der Waals surface area (Å²) in [6, 6.07) is 5.72. The number of hydrogen-bond acceptors (Lipinski definition) is 4. The minimum atomic E-state index is -3.37. The molecule has 0 saturated carbocycles. The van der Waals surface area contributed by atoms with Crippen molar-refractivity contribution in [3.8, 4) is 0 Å². The van der Waals surface area contributed by atoms with Gasteiger partial charge >= 0.3 is 19.5 Å². The Morgan fingerprint density at radius 1 is 1.09 bits per heavy atom. The quantitative estimate of drug-likeness (QED) is 0.462. The fourth-order valence-corrected chi connectivity index (χ4v) is 0.313. The number of hydrogen-bond donors (Lipinski definition) is 0. The monoisotopic (exact) mass is 260 g/mol. The Morgan fingerprint density at radius 3 is 1.55 bits per heavy atom. The van der Waals surface area contributed by atoms with Crippen LogP contribution in [0.15, 0.2) is 30.6 Å². The molecule has 0 aliphatic carbocycles. The number of nitrogens with zero attached hydrogens (tertiary/aromatic N) is 1. The Hall–Kier alpha value is -0.207. The van der Waals surface area contributed by atoms with Crippen molar-refractivity contribution in [1.82, 2.24) is 4.98 Å². The molecule has 0 fully saturated rings. The predicted octanol–water partition coefficient (Wildman–Crippen LogP) is -0.557. The molecule has 0 aliphatic heterocycles. The first-order valence-electron chi connectivity index (χ1n) is 2.40. The van der Waals surface area contributed by atoms with Crippen LogP contribution in [0.25, 0.3) is 0 Å². The molecule has 0 radical (unpaired) electrons. The van der Waals surface area contributed by atoms with Gasteiger partial charge in [-0.3, -0.25) is 4.98 Å². The SMILES string of the molecule is O=[P+]([O-])[O-].[Ru+2].c1ccncc1. The molecule has 4 nitrogen and oxygen atoms in total. The largest absolute Gasteiger partial charge is 2.00 e. The first-order valence-corrected chi connectivity index (χ1v) is 3.49. The third-order valence-electron chi connectivity index (χ3n) is 0.566. The van der Waals surface area contributed by atoms with Gasteiger partial charge in [-0.05, 0) is 12.1 Å². The molecule has 0 atom stereocenters. The Bertz CT molecular complexity index is 154. The average Bonchev–Trinajstić information content (AvgIpc) is 1.90. The van der Waals surface area contributed by atoms with Crippen molar-refractivity contribution in [3.63, 3.8) is 0 Å². The first-order chi connectivity index (χ1) is 4.73. The average molecular weight is 259 g/mol. The standard InChI is InChI=1S/C5H5N.HO3P.Ru/c1-2-4-6-5-3-1;1-4(2)3;/h1-5H;(H,1,2,3);/q;;+2/p-1. The second-order valence-corrected chi connectivity index (χ2v) is 1.70. The third-order valence-corrected chi connectivity index (χ3v) is 0.566. The van der Waals surface area contributed by atoms with E-state index in [-0.39, 0.29) is 19.5 Å².